The molecule has 0 saturated carbocycles. The SMILES string of the molecule is CCCCCC1(C(F)(F)F)CCNC1. The molecule has 0 spiro atoms. The summed E-state index contributed by atoms with van der Waals surface area (Å²) in [6.07, 6.45) is -0.932. The summed E-state index contributed by atoms with van der Waals surface area (Å²) in [6, 6.07) is 0. The second-order valence-corrected chi connectivity index (χ2v) is 4.16. The van der Waals surface area contributed by atoms with Crippen molar-refractivity contribution in [2.45, 2.75) is 45.2 Å². The smallest absolute Gasteiger partial charge is 0.316 e. The zero-order valence-corrected chi connectivity index (χ0v) is 8.58. The van der Waals surface area contributed by atoms with E-state index in [9.17, 15) is 13.2 Å². The van der Waals surface area contributed by atoms with Crippen LogP contribution in [-0.2, 0) is 0 Å². The number of alkyl halides is 3. The summed E-state index contributed by atoms with van der Waals surface area (Å²) in [7, 11) is 0. The van der Waals surface area contributed by atoms with Gasteiger partial charge in [-0.15, -0.1) is 0 Å². The summed E-state index contributed by atoms with van der Waals surface area (Å²) in [5, 5.41) is 2.83. The molecule has 1 atom stereocenters. The molecule has 1 saturated heterocycles. The van der Waals surface area contributed by atoms with Gasteiger partial charge in [-0.2, -0.15) is 13.2 Å². The molecule has 0 aromatic rings. The average molecular weight is 209 g/mol. The maximum atomic E-state index is 12.8. The topological polar surface area (TPSA) is 12.0 Å². The van der Waals surface area contributed by atoms with Crippen LogP contribution < -0.4 is 5.32 Å². The Morgan fingerprint density at radius 3 is 2.43 bits per heavy atom. The lowest BCUT2D eigenvalue weighted by atomic mass is 9.81. The summed E-state index contributed by atoms with van der Waals surface area (Å²) in [6.45, 7) is 2.62. The van der Waals surface area contributed by atoms with Crippen molar-refractivity contribution in [3.8, 4) is 0 Å². The molecule has 84 valence electrons. The first-order valence-electron chi connectivity index (χ1n) is 5.29. The van der Waals surface area contributed by atoms with Crippen LogP contribution >= 0.6 is 0 Å². The van der Waals surface area contributed by atoms with Gasteiger partial charge < -0.3 is 5.32 Å². The second-order valence-electron chi connectivity index (χ2n) is 4.16. The Labute approximate surface area is 83.1 Å². The van der Waals surface area contributed by atoms with Gasteiger partial charge >= 0.3 is 6.18 Å². The van der Waals surface area contributed by atoms with Gasteiger partial charge in [0, 0.05) is 6.54 Å². The summed E-state index contributed by atoms with van der Waals surface area (Å²) in [5.74, 6) is 0. The first-order chi connectivity index (χ1) is 6.52. The molecule has 0 radical (unpaired) electrons. The number of halogens is 3. The number of hydrogen-bond acceptors (Lipinski definition) is 1. The van der Waals surface area contributed by atoms with E-state index in [1.165, 1.54) is 0 Å². The van der Waals surface area contributed by atoms with Crippen LogP contribution in [-0.4, -0.2) is 19.3 Å². The van der Waals surface area contributed by atoms with Crippen LogP contribution in [0.3, 0.4) is 0 Å². The molecule has 1 aliphatic heterocycles. The summed E-state index contributed by atoms with van der Waals surface area (Å²) in [4.78, 5) is 0. The predicted molar refractivity (Wildman–Crippen MR) is 50.1 cm³/mol. The van der Waals surface area contributed by atoms with Gasteiger partial charge in [0.05, 0.1) is 5.41 Å². The molecule has 0 bridgehead atoms. The Morgan fingerprint density at radius 2 is 2.00 bits per heavy atom. The van der Waals surface area contributed by atoms with E-state index in [2.05, 4.69) is 5.32 Å². The standard InChI is InChI=1S/C10H18F3N/c1-2-3-4-5-9(10(11,12)13)6-7-14-8-9/h14H,2-8H2,1H3. The fraction of sp³-hybridized carbons (Fsp3) is 1.00. The van der Waals surface area contributed by atoms with E-state index in [-0.39, 0.29) is 19.4 Å². The maximum absolute atomic E-state index is 12.8. The highest BCUT2D eigenvalue weighted by Crippen LogP contribution is 2.46. The highest BCUT2D eigenvalue weighted by molar-refractivity contribution is 4.93. The van der Waals surface area contributed by atoms with Gasteiger partial charge in [-0.25, -0.2) is 0 Å². The lowest BCUT2D eigenvalue weighted by Gasteiger charge is -2.30. The normalized spacial score (nSPS) is 28.3. The van der Waals surface area contributed by atoms with Gasteiger partial charge in [-0.05, 0) is 19.4 Å². The molecule has 1 unspecified atom stereocenters. The van der Waals surface area contributed by atoms with Gasteiger partial charge in [0.2, 0.25) is 0 Å². The third kappa shape index (κ3) is 2.41. The molecule has 1 fully saturated rings. The lowest BCUT2D eigenvalue weighted by Crippen LogP contribution is -2.39. The number of hydrogen-bond donors (Lipinski definition) is 1. The first kappa shape index (κ1) is 11.8. The zero-order chi connectivity index (χ0) is 10.7. The van der Waals surface area contributed by atoms with E-state index < -0.39 is 11.6 Å². The van der Waals surface area contributed by atoms with Crippen LogP contribution in [0.2, 0.25) is 0 Å². The van der Waals surface area contributed by atoms with E-state index in [1.807, 2.05) is 6.92 Å². The molecule has 14 heavy (non-hydrogen) atoms. The van der Waals surface area contributed by atoms with Crippen molar-refractivity contribution in [2.75, 3.05) is 13.1 Å². The van der Waals surface area contributed by atoms with Gasteiger partial charge in [-0.3, -0.25) is 0 Å². The molecule has 0 aromatic carbocycles. The minimum Gasteiger partial charge on any atom is -0.316 e. The van der Waals surface area contributed by atoms with Crippen molar-refractivity contribution in [3.63, 3.8) is 0 Å². The number of nitrogens with one attached hydrogen (secondary N) is 1. The van der Waals surface area contributed by atoms with Gasteiger partial charge in [0.25, 0.3) is 0 Å². The predicted octanol–water partition coefficient (Wildman–Crippen LogP) is 3.11. The molecule has 1 rings (SSSR count). The van der Waals surface area contributed by atoms with Crippen molar-refractivity contribution in [2.24, 2.45) is 5.41 Å². The quantitative estimate of drug-likeness (QED) is 0.701. The first-order valence-corrected chi connectivity index (χ1v) is 5.29. The van der Waals surface area contributed by atoms with Crippen molar-refractivity contribution in [1.82, 2.24) is 5.32 Å². The molecule has 1 heterocycles. The lowest BCUT2D eigenvalue weighted by molar-refractivity contribution is -0.219. The van der Waals surface area contributed by atoms with Gasteiger partial charge in [0.1, 0.15) is 0 Å². The Bertz CT molecular complexity index is 171. The number of rotatable bonds is 4. The largest absolute Gasteiger partial charge is 0.395 e. The Balaban J connectivity index is 2.54. The number of unbranched alkanes of at least 4 members (excludes halogenated alkanes) is 2. The Kier molecular flexibility index (Phi) is 3.81. The second kappa shape index (κ2) is 4.51. The zero-order valence-electron chi connectivity index (χ0n) is 8.58. The molecule has 1 nitrogen and oxygen atoms in total. The minimum absolute atomic E-state index is 0.111. The Morgan fingerprint density at radius 1 is 1.29 bits per heavy atom. The maximum Gasteiger partial charge on any atom is 0.395 e. The van der Waals surface area contributed by atoms with Crippen LogP contribution in [0, 0.1) is 5.41 Å². The highest BCUT2D eigenvalue weighted by atomic mass is 19.4. The summed E-state index contributed by atoms with van der Waals surface area (Å²) >= 11 is 0. The van der Waals surface area contributed by atoms with E-state index in [0.29, 0.717) is 13.0 Å². The average Bonchev–Trinajstić information content (AvgIpc) is 2.53. The fourth-order valence-corrected chi connectivity index (χ4v) is 2.05. The molecular formula is C10H18F3N. The molecule has 0 amide bonds. The third-order valence-electron chi connectivity index (χ3n) is 3.10. The Hall–Kier alpha value is -0.250. The van der Waals surface area contributed by atoms with Crippen molar-refractivity contribution >= 4 is 0 Å². The van der Waals surface area contributed by atoms with Crippen LogP contribution in [0.15, 0.2) is 0 Å². The third-order valence-corrected chi connectivity index (χ3v) is 3.10. The van der Waals surface area contributed by atoms with E-state index >= 15 is 0 Å². The molecular weight excluding hydrogens is 191 g/mol. The van der Waals surface area contributed by atoms with Gasteiger partial charge in [-0.1, -0.05) is 26.2 Å². The monoisotopic (exact) mass is 209 g/mol. The summed E-state index contributed by atoms with van der Waals surface area (Å²) < 4.78 is 38.4. The van der Waals surface area contributed by atoms with Crippen LogP contribution in [0.25, 0.3) is 0 Å². The molecule has 1 aliphatic rings. The van der Waals surface area contributed by atoms with E-state index in [0.717, 1.165) is 12.8 Å². The molecule has 0 aliphatic carbocycles. The molecule has 4 heteroatoms. The van der Waals surface area contributed by atoms with Crippen LogP contribution in [0.4, 0.5) is 13.2 Å². The highest BCUT2D eigenvalue weighted by Gasteiger charge is 2.55. The van der Waals surface area contributed by atoms with Crippen LogP contribution in [0.5, 0.6) is 0 Å². The van der Waals surface area contributed by atoms with E-state index in [4.69, 9.17) is 0 Å². The van der Waals surface area contributed by atoms with Crippen molar-refractivity contribution in [1.29, 1.82) is 0 Å². The van der Waals surface area contributed by atoms with Crippen molar-refractivity contribution in [3.05, 3.63) is 0 Å². The fourth-order valence-electron chi connectivity index (χ4n) is 2.05. The van der Waals surface area contributed by atoms with Gasteiger partial charge in [0.15, 0.2) is 0 Å². The van der Waals surface area contributed by atoms with Crippen LogP contribution in [0.1, 0.15) is 39.0 Å². The molecule has 0 aromatic heterocycles. The summed E-state index contributed by atoms with van der Waals surface area (Å²) in [5.41, 5.74) is -1.43. The van der Waals surface area contributed by atoms with E-state index in [1.54, 1.807) is 0 Å². The van der Waals surface area contributed by atoms with Crippen molar-refractivity contribution < 1.29 is 13.2 Å². The minimum atomic E-state index is -4.04. The molecule has 1 N–H and O–H groups in total.